The Kier molecular flexibility index (Phi) is 9.84. The van der Waals surface area contributed by atoms with Crippen LogP contribution in [0.5, 0.6) is 0 Å². The van der Waals surface area contributed by atoms with E-state index in [9.17, 15) is 26.3 Å². The van der Waals surface area contributed by atoms with Crippen molar-refractivity contribution in [3.05, 3.63) is 18.5 Å². The molecule has 15 heteroatoms. The Labute approximate surface area is 185 Å². The van der Waals surface area contributed by atoms with Gasteiger partial charge in [0.2, 0.25) is 5.95 Å². The number of halogens is 6. The number of aliphatic carboxylic acids is 2. The second-order valence-electron chi connectivity index (χ2n) is 7.46. The number of ether oxygens (including phenoxy) is 1. The van der Waals surface area contributed by atoms with Gasteiger partial charge in [-0.1, -0.05) is 0 Å². The summed E-state index contributed by atoms with van der Waals surface area (Å²) in [4.78, 5) is 31.0. The minimum Gasteiger partial charge on any atom is -0.475 e. The third-order valence-electron chi connectivity index (χ3n) is 4.91. The highest BCUT2D eigenvalue weighted by Gasteiger charge is 2.43. The van der Waals surface area contributed by atoms with E-state index in [1.807, 2.05) is 6.07 Å². The standard InChI is InChI=1S/C14H22N4O.2C2HF3O2/c1-17(2)12-10-14(19-11-12)4-8-18(9-5-14)13-15-6-3-7-16-13;2*3-2(4,5)1(6)7/h3,6-7,12H,4-5,8-11H2,1-2H3;2*(H,6,7). The number of anilines is 1. The molecule has 188 valence electrons. The van der Waals surface area contributed by atoms with Gasteiger partial charge in [0.1, 0.15) is 0 Å². The topological polar surface area (TPSA) is 116 Å². The van der Waals surface area contributed by atoms with Gasteiger partial charge >= 0.3 is 24.3 Å². The zero-order valence-corrected chi connectivity index (χ0v) is 17.7. The van der Waals surface area contributed by atoms with E-state index in [1.165, 1.54) is 0 Å². The number of nitrogens with zero attached hydrogens (tertiary/aromatic N) is 4. The van der Waals surface area contributed by atoms with Gasteiger partial charge in [-0.25, -0.2) is 19.6 Å². The van der Waals surface area contributed by atoms with Gasteiger partial charge in [0, 0.05) is 31.5 Å². The lowest BCUT2D eigenvalue weighted by atomic mass is 9.87. The predicted octanol–water partition coefficient (Wildman–Crippen LogP) is 2.43. The van der Waals surface area contributed by atoms with Crippen molar-refractivity contribution in [1.29, 1.82) is 0 Å². The van der Waals surface area contributed by atoms with E-state index in [2.05, 4.69) is 33.9 Å². The van der Waals surface area contributed by atoms with Gasteiger partial charge in [-0.3, -0.25) is 0 Å². The van der Waals surface area contributed by atoms with Crippen molar-refractivity contribution in [3.8, 4) is 0 Å². The van der Waals surface area contributed by atoms with Crippen molar-refractivity contribution in [2.45, 2.75) is 43.3 Å². The van der Waals surface area contributed by atoms with Crippen LogP contribution in [0.15, 0.2) is 18.5 Å². The average molecular weight is 490 g/mol. The van der Waals surface area contributed by atoms with E-state index in [-0.39, 0.29) is 5.60 Å². The van der Waals surface area contributed by atoms with Gasteiger partial charge in [-0.15, -0.1) is 0 Å². The van der Waals surface area contributed by atoms with Crippen LogP contribution >= 0.6 is 0 Å². The number of hydrogen-bond donors (Lipinski definition) is 2. The monoisotopic (exact) mass is 490 g/mol. The summed E-state index contributed by atoms with van der Waals surface area (Å²) in [6.45, 7) is 2.85. The molecule has 2 aliphatic rings. The van der Waals surface area contributed by atoms with E-state index < -0.39 is 24.3 Å². The molecule has 0 radical (unpaired) electrons. The number of hydrogen-bond acceptors (Lipinski definition) is 7. The molecule has 1 unspecified atom stereocenters. The first kappa shape index (κ1) is 28.4. The van der Waals surface area contributed by atoms with E-state index in [1.54, 1.807) is 12.4 Å². The van der Waals surface area contributed by atoms with Crippen LogP contribution in [0.4, 0.5) is 32.3 Å². The number of likely N-dealkylation sites (N-methyl/N-ethyl adjacent to an activating group) is 1. The molecule has 2 N–H and O–H groups in total. The Morgan fingerprint density at radius 2 is 1.45 bits per heavy atom. The fraction of sp³-hybridized carbons (Fsp3) is 0.667. The van der Waals surface area contributed by atoms with Crippen molar-refractivity contribution in [1.82, 2.24) is 14.9 Å². The molecule has 3 heterocycles. The number of rotatable bonds is 2. The van der Waals surface area contributed by atoms with Gasteiger partial charge in [-0.2, -0.15) is 26.3 Å². The Morgan fingerprint density at radius 1 is 1.03 bits per heavy atom. The maximum atomic E-state index is 10.6. The largest absolute Gasteiger partial charge is 0.490 e. The Bertz CT molecular complexity index is 744. The van der Waals surface area contributed by atoms with E-state index in [4.69, 9.17) is 24.5 Å². The second kappa shape index (κ2) is 11.4. The summed E-state index contributed by atoms with van der Waals surface area (Å²) in [5.74, 6) is -4.67. The molecule has 2 aliphatic heterocycles. The smallest absolute Gasteiger partial charge is 0.475 e. The van der Waals surface area contributed by atoms with Crippen LogP contribution in [0.25, 0.3) is 0 Å². The van der Waals surface area contributed by atoms with Crippen molar-refractivity contribution >= 4 is 17.9 Å². The Balaban J connectivity index is 0.000000324. The molecule has 1 spiro atoms. The highest BCUT2D eigenvalue weighted by Crippen LogP contribution is 2.37. The summed E-state index contributed by atoms with van der Waals surface area (Å²) < 4.78 is 69.6. The van der Waals surface area contributed by atoms with Crippen molar-refractivity contribution in [3.63, 3.8) is 0 Å². The number of alkyl halides is 6. The van der Waals surface area contributed by atoms with Crippen LogP contribution in [0.1, 0.15) is 19.3 Å². The molecule has 9 nitrogen and oxygen atoms in total. The lowest BCUT2D eigenvalue weighted by Crippen LogP contribution is -2.45. The lowest BCUT2D eigenvalue weighted by molar-refractivity contribution is -0.193. The molecule has 1 aromatic heterocycles. The summed E-state index contributed by atoms with van der Waals surface area (Å²) >= 11 is 0. The van der Waals surface area contributed by atoms with Crippen LogP contribution in [0.3, 0.4) is 0 Å². The van der Waals surface area contributed by atoms with Crippen LogP contribution in [-0.2, 0) is 14.3 Å². The SMILES string of the molecule is CN(C)C1COC2(CCN(c3ncccn3)CC2)C1.O=C(O)C(F)(F)F.O=C(O)C(F)(F)F. The van der Waals surface area contributed by atoms with Gasteiger partial charge in [0.15, 0.2) is 0 Å². The van der Waals surface area contributed by atoms with Gasteiger partial charge in [0.05, 0.1) is 12.2 Å². The van der Waals surface area contributed by atoms with Gasteiger partial charge in [0.25, 0.3) is 0 Å². The minimum atomic E-state index is -5.08. The van der Waals surface area contributed by atoms with E-state index in [0.717, 1.165) is 44.9 Å². The fourth-order valence-electron chi connectivity index (χ4n) is 3.07. The quantitative estimate of drug-likeness (QED) is 0.603. The molecular formula is C18H24F6N4O5. The van der Waals surface area contributed by atoms with Crippen LogP contribution < -0.4 is 4.90 Å². The number of carbonyl (C=O) groups is 2. The number of aromatic nitrogens is 2. The summed E-state index contributed by atoms with van der Waals surface area (Å²) in [5, 5.41) is 14.2. The van der Waals surface area contributed by atoms with Crippen LogP contribution in [0.2, 0.25) is 0 Å². The number of carboxylic acid groups (broad SMARTS) is 2. The highest BCUT2D eigenvalue weighted by molar-refractivity contribution is 5.73. The molecular weight excluding hydrogens is 466 g/mol. The molecule has 3 rings (SSSR count). The summed E-state index contributed by atoms with van der Waals surface area (Å²) in [6.07, 6.45) is -3.24. The summed E-state index contributed by atoms with van der Waals surface area (Å²) in [5.41, 5.74) is 0.0974. The zero-order valence-electron chi connectivity index (χ0n) is 17.7. The molecule has 0 aliphatic carbocycles. The normalized spacial score (nSPS) is 19.9. The number of piperidine rings is 1. The molecule has 0 saturated carbocycles. The molecule has 0 aromatic carbocycles. The highest BCUT2D eigenvalue weighted by atomic mass is 19.4. The van der Waals surface area contributed by atoms with Crippen molar-refractivity contribution < 1.29 is 50.9 Å². The van der Waals surface area contributed by atoms with Crippen LogP contribution in [-0.4, -0.2) is 94.8 Å². The summed E-state index contributed by atoms with van der Waals surface area (Å²) in [7, 11) is 4.28. The first-order valence-electron chi connectivity index (χ1n) is 9.50. The van der Waals surface area contributed by atoms with Crippen LogP contribution in [0, 0.1) is 0 Å². The maximum absolute atomic E-state index is 10.6. The maximum Gasteiger partial charge on any atom is 0.490 e. The lowest BCUT2D eigenvalue weighted by Gasteiger charge is -2.38. The first-order valence-corrected chi connectivity index (χ1v) is 9.50. The first-order chi connectivity index (χ1) is 15.1. The van der Waals surface area contributed by atoms with Crippen molar-refractivity contribution in [2.75, 3.05) is 38.7 Å². The van der Waals surface area contributed by atoms with Gasteiger partial charge < -0.3 is 24.7 Å². The molecule has 2 fully saturated rings. The van der Waals surface area contributed by atoms with E-state index in [0.29, 0.717) is 6.04 Å². The molecule has 33 heavy (non-hydrogen) atoms. The minimum absolute atomic E-state index is 0.0974. The average Bonchev–Trinajstić information content (AvgIpc) is 3.13. The Hall–Kier alpha value is -2.68. The predicted molar refractivity (Wildman–Crippen MR) is 102 cm³/mol. The Morgan fingerprint density at radius 3 is 1.79 bits per heavy atom. The third-order valence-corrected chi connectivity index (χ3v) is 4.91. The fourth-order valence-corrected chi connectivity index (χ4v) is 3.07. The molecule has 1 atom stereocenters. The number of carboxylic acids is 2. The third kappa shape index (κ3) is 9.37. The van der Waals surface area contributed by atoms with E-state index >= 15 is 0 Å². The second-order valence-corrected chi connectivity index (χ2v) is 7.46. The van der Waals surface area contributed by atoms with Gasteiger partial charge in [-0.05, 0) is 39.4 Å². The zero-order chi connectivity index (χ0) is 25.4. The molecule has 1 aromatic rings. The summed E-state index contributed by atoms with van der Waals surface area (Å²) in [6, 6.07) is 2.43. The van der Waals surface area contributed by atoms with Crippen molar-refractivity contribution in [2.24, 2.45) is 0 Å². The molecule has 0 amide bonds. The molecule has 0 bridgehead atoms. The molecule has 2 saturated heterocycles.